The maximum atomic E-state index is 12.0. The van der Waals surface area contributed by atoms with Crippen LogP contribution in [0.3, 0.4) is 0 Å². The normalized spacial score (nSPS) is 28.9. The molecule has 3 nitrogen and oxygen atoms in total. The minimum absolute atomic E-state index is 0.144. The van der Waals surface area contributed by atoms with Crippen LogP contribution >= 0.6 is 0 Å². The van der Waals surface area contributed by atoms with Crippen molar-refractivity contribution in [3.63, 3.8) is 0 Å². The van der Waals surface area contributed by atoms with Crippen LogP contribution in [0.15, 0.2) is 0 Å². The zero-order chi connectivity index (χ0) is 14.5. The Bertz CT molecular complexity index is 300. The van der Waals surface area contributed by atoms with Gasteiger partial charge in [-0.05, 0) is 24.7 Å². The zero-order valence-electron chi connectivity index (χ0n) is 13.6. The van der Waals surface area contributed by atoms with E-state index in [2.05, 4.69) is 16.7 Å². The highest BCUT2D eigenvalue weighted by molar-refractivity contribution is 5.78. The van der Waals surface area contributed by atoms with Crippen molar-refractivity contribution in [2.45, 2.75) is 52.9 Å². The molecule has 2 fully saturated rings. The number of carbonyl (C=O) groups excluding carboxylic acids is 1. The van der Waals surface area contributed by atoms with Gasteiger partial charge in [0.2, 0.25) is 5.91 Å². The summed E-state index contributed by atoms with van der Waals surface area (Å²) in [6.07, 6.45) is 7.08. The van der Waals surface area contributed by atoms with Crippen molar-refractivity contribution in [3.05, 3.63) is 0 Å². The van der Waals surface area contributed by atoms with Crippen molar-refractivity contribution in [2.24, 2.45) is 17.8 Å². The lowest BCUT2D eigenvalue weighted by molar-refractivity contribution is -0.136. The number of nitrogens with zero attached hydrogens (tertiary/aromatic N) is 2. The first-order chi connectivity index (χ1) is 9.60. The largest absolute Gasteiger partial charge is 0.340 e. The minimum Gasteiger partial charge on any atom is -0.340 e. The van der Waals surface area contributed by atoms with Crippen molar-refractivity contribution in [1.82, 2.24) is 9.80 Å². The van der Waals surface area contributed by atoms with E-state index in [-0.39, 0.29) is 5.92 Å². The number of carbonyl (C=O) groups is 1. The second-order valence-electron chi connectivity index (χ2n) is 7.08. The van der Waals surface area contributed by atoms with Gasteiger partial charge in [-0.25, -0.2) is 0 Å². The summed E-state index contributed by atoms with van der Waals surface area (Å²) in [6.45, 7) is 11.6. The Morgan fingerprint density at radius 1 is 1.00 bits per heavy atom. The SMILES string of the molecule is CC[C@H]1CC[C@@H](CN2CCN(C(=O)C(C)C)CC2)CC1. The maximum Gasteiger partial charge on any atom is 0.225 e. The van der Waals surface area contributed by atoms with Crippen LogP contribution in [0.1, 0.15) is 52.9 Å². The molecule has 0 unspecified atom stereocenters. The lowest BCUT2D eigenvalue weighted by Gasteiger charge is -2.38. The zero-order valence-corrected chi connectivity index (χ0v) is 13.6. The lowest BCUT2D eigenvalue weighted by Crippen LogP contribution is -2.50. The molecule has 0 aromatic rings. The van der Waals surface area contributed by atoms with Gasteiger partial charge >= 0.3 is 0 Å². The van der Waals surface area contributed by atoms with Gasteiger partial charge in [0, 0.05) is 38.6 Å². The number of hydrogen-bond donors (Lipinski definition) is 0. The molecule has 1 saturated carbocycles. The van der Waals surface area contributed by atoms with Gasteiger partial charge in [0.1, 0.15) is 0 Å². The van der Waals surface area contributed by atoms with Gasteiger partial charge in [0.25, 0.3) is 0 Å². The predicted octanol–water partition coefficient (Wildman–Crippen LogP) is 3.00. The van der Waals surface area contributed by atoms with Gasteiger partial charge < -0.3 is 4.90 Å². The quantitative estimate of drug-likeness (QED) is 0.790. The fourth-order valence-electron chi connectivity index (χ4n) is 3.70. The van der Waals surface area contributed by atoms with Crippen LogP contribution in [0, 0.1) is 17.8 Å². The average molecular weight is 280 g/mol. The van der Waals surface area contributed by atoms with Crippen molar-refractivity contribution in [1.29, 1.82) is 0 Å². The number of hydrogen-bond acceptors (Lipinski definition) is 2. The highest BCUT2D eigenvalue weighted by Gasteiger charge is 2.26. The van der Waals surface area contributed by atoms with Crippen molar-refractivity contribution in [2.75, 3.05) is 32.7 Å². The topological polar surface area (TPSA) is 23.6 Å². The van der Waals surface area contributed by atoms with Crippen LogP contribution in [0.5, 0.6) is 0 Å². The Morgan fingerprint density at radius 3 is 2.05 bits per heavy atom. The third-order valence-corrected chi connectivity index (χ3v) is 5.24. The van der Waals surface area contributed by atoms with Crippen molar-refractivity contribution in [3.8, 4) is 0 Å². The fourth-order valence-corrected chi connectivity index (χ4v) is 3.70. The predicted molar refractivity (Wildman–Crippen MR) is 83.6 cm³/mol. The third kappa shape index (κ3) is 4.21. The van der Waals surface area contributed by atoms with Crippen LogP contribution < -0.4 is 0 Å². The molecule has 1 amide bonds. The summed E-state index contributed by atoms with van der Waals surface area (Å²) in [7, 11) is 0. The lowest BCUT2D eigenvalue weighted by atomic mass is 9.80. The minimum atomic E-state index is 0.144. The van der Waals surface area contributed by atoms with E-state index in [9.17, 15) is 4.79 Å². The summed E-state index contributed by atoms with van der Waals surface area (Å²) in [5, 5.41) is 0. The summed E-state index contributed by atoms with van der Waals surface area (Å²) in [4.78, 5) is 16.6. The molecule has 1 heterocycles. The monoisotopic (exact) mass is 280 g/mol. The van der Waals surface area contributed by atoms with E-state index in [1.807, 2.05) is 13.8 Å². The molecular weight excluding hydrogens is 248 g/mol. The summed E-state index contributed by atoms with van der Waals surface area (Å²) >= 11 is 0. The van der Waals surface area contributed by atoms with E-state index in [1.165, 1.54) is 38.6 Å². The molecule has 1 aliphatic heterocycles. The molecule has 1 aliphatic carbocycles. The van der Waals surface area contributed by atoms with E-state index in [0.29, 0.717) is 5.91 Å². The van der Waals surface area contributed by atoms with Crippen LogP contribution in [0.25, 0.3) is 0 Å². The Labute approximate surface area is 124 Å². The molecule has 20 heavy (non-hydrogen) atoms. The number of amides is 1. The molecule has 0 atom stereocenters. The molecule has 2 rings (SSSR count). The van der Waals surface area contributed by atoms with Gasteiger partial charge in [-0.3, -0.25) is 9.69 Å². The molecule has 0 aromatic heterocycles. The van der Waals surface area contributed by atoms with Crippen molar-refractivity contribution >= 4 is 5.91 Å². The van der Waals surface area contributed by atoms with E-state index >= 15 is 0 Å². The fraction of sp³-hybridized carbons (Fsp3) is 0.941. The molecule has 0 aromatic carbocycles. The van der Waals surface area contributed by atoms with Crippen LogP contribution in [0.2, 0.25) is 0 Å². The Balaban J connectivity index is 1.68. The highest BCUT2D eigenvalue weighted by Crippen LogP contribution is 2.31. The highest BCUT2D eigenvalue weighted by atomic mass is 16.2. The van der Waals surface area contributed by atoms with Gasteiger partial charge in [0.05, 0.1) is 0 Å². The second-order valence-corrected chi connectivity index (χ2v) is 7.08. The van der Waals surface area contributed by atoms with E-state index in [4.69, 9.17) is 0 Å². The first-order valence-electron chi connectivity index (χ1n) is 8.61. The molecule has 0 radical (unpaired) electrons. The van der Waals surface area contributed by atoms with Crippen LogP contribution in [-0.2, 0) is 4.79 Å². The Hall–Kier alpha value is -0.570. The Morgan fingerprint density at radius 2 is 1.55 bits per heavy atom. The van der Waals surface area contributed by atoms with E-state index in [1.54, 1.807) is 0 Å². The summed E-state index contributed by atoms with van der Waals surface area (Å²) in [6, 6.07) is 0. The van der Waals surface area contributed by atoms with Gasteiger partial charge in [-0.2, -0.15) is 0 Å². The Kier molecular flexibility index (Phi) is 5.88. The van der Waals surface area contributed by atoms with Gasteiger partial charge in [-0.15, -0.1) is 0 Å². The van der Waals surface area contributed by atoms with E-state index < -0.39 is 0 Å². The van der Waals surface area contributed by atoms with Crippen LogP contribution in [-0.4, -0.2) is 48.4 Å². The molecule has 116 valence electrons. The molecular formula is C17H32N2O. The molecule has 0 spiro atoms. The van der Waals surface area contributed by atoms with E-state index in [0.717, 1.165) is 38.0 Å². The molecule has 0 bridgehead atoms. The summed E-state index contributed by atoms with van der Waals surface area (Å²) in [5.41, 5.74) is 0. The molecule has 3 heteroatoms. The first-order valence-corrected chi connectivity index (χ1v) is 8.61. The number of rotatable bonds is 4. The smallest absolute Gasteiger partial charge is 0.225 e. The summed E-state index contributed by atoms with van der Waals surface area (Å²) < 4.78 is 0. The second kappa shape index (κ2) is 7.44. The molecule has 1 saturated heterocycles. The first kappa shape index (κ1) is 15.8. The van der Waals surface area contributed by atoms with Crippen LogP contribution in [0.4, 0.5) is 0 Å². The summed E-state index contributed by atoms with van der Waals surface area (Å²) in [5.74, 6) is 2.37. The van der Waals surface area contributed by atoms with Gasteiger partial charge in [0.15, 0.2) is 0 Å². The number of piperazine rings is 1. The standard InChI is InChI=1S/C17H32N2O/c1-4-15-5-7-16(8-6-15)13-18-9-11-19(12-10-18)17(20)14(2)3/h14-16H,4-13H2,1-3H3/t15-,16+. The maximum absolute atomic E-state index is 12.0. The molecule has 0 N–H and O–H groups in total. The average Bonchev–Trinajstić information content (AvgIpc) is 2.48. The van der Waals surface area contributed by atoms with Gasteiger partial charge in [-0.1, -0.05) is 40.0 Å². The molecule has 2 aliphatic rings. The van der Waals surface area contributed by atoms with Crippen molar-refractivity contribution < 1.29 is 4.79 Å². The third-order valence-electron chi connectivity index (χ3n) is 5.24.